The van der Waals surface area contributed by atoms with Gasteiger partial charge in [0.25, 0.3) is 0 Å². The SMILES string of the molecule is COc1ccc(F)cc1C(NC(=O)CS(=O)(=O)C(C)C)C1CC(O)C1. The third-order valence-electron chi connectivity index (χ3n) is 4.51. The second-order valence-corrected chi connectivity index (χ2v) is 9.23. The maximum absolute atomic E-state index is 13.7. The largest absolute Gasteiger partial charge is 0.496 e. The quantitative estimate of drug-likeness (QED) is 0.757. The lowest BCUT2D eigenvalue weighted by Gasteiger charge is -2.38. The maximum Gasteiger partial charge on any atom is 0.235 e. The summed E-state index contributed by atoms with van der Waals surface area (Å²) in [4.78, 5) is 12.3. The lowest BCUT2D eigenvalue weighted by Crippen LogP contribution is -2.43. The van der Waals surface area contributed by atoms with E-state index in [1.54, 1.807) is 0 Å². The second-order valence-electron chi connectivity index (χ2n) is 6.67. The van der Waals surface area contributed by atoms with Crippen LogP contribution in [0.25, 0.3) is 0 Å². The third-order valence-corrected chi connectivity index (χ3v) is 6.62. The van der Waals surface area contributed by atoms with Crippen molar-refractivity contribution >= 4 is 15.7 Å². The monoisotopic (exact) mass is 373 g/mol. The molecule has 0 aromatic heterocycles. The molecule has 1 aliphatic rings. The number of sulfone groups is 1. The molecule has 0 heterocycles. The predicted octanol–water partition coefficient (Wildman–Crippen LogP) is 1.59. The molecule has 1 saturated carbocycles. The summed E-state index contributed by atoms with van der Waals surface area (Å²) in [6, 6.07) is 3.36. The second kappa shape index (κ2) is 7.70. The van der Waals surface area contributed by atoms with Crippen molar-refractivity contribution in [1.82, 2.24) is 5.32 Å². The number of halogens is 1. The average Bonchev–Trinajstić information content (AvgIpc) is 2.49. The number of hydrogen-bond donors (Lipinski definition) is 2. The number of amides is 1. The van der Waals surface area contributed by atoms with Crippen molar-refractivity contribution in [3.8, 4) is 5.75 Å². The Labute approximate surface area is 147 Å². The molecule has 1 aromatic carbocycles. The van der Waals surface area contributed by atoms with Crippen LogP contribution in [0, 0.1) is 11.7 Å². The molecule has 0 aliphatic heterocycles. The van der Waals surface area contributed by atoms with Crippen molar-refractivity contribution in [3.63, 3.8) is 0 Å². The Morgan fingerprint density at radius 2 is 2.04 bits per heavy atom. The van der Waals surface area contributed by atoms with Crippen LogP contribution in [0.1, 0.15) is 38.3 Å². The highest BCUT2D eigenvalue weighted by molar-refractivity contribution is 7.92. The predicted molar refractivity (Wildman–Crippen MR) is 91.5 cm³/mol. The Balaban J connectivity index is 2.26. The van der Waals surface area contributed by atoms with E-state index in [1.165, 1.54) is 39.2 Å². The van der Waals surface area contributed by atoms with Crippen molar-refractivity contribution in [1.29, 1.82) is 0 Å². The van der Waals surface area contributed by atoms with Gasteiger partial charge in [-0.1, -0.05) is 0 Å². The van der Waals surface area contributed by atoms with Crippen molar-refractivity contribution in [2.24, 2.45) is 5.92 Å². The molecular weight excluding hydrogens is 349 g/mol. The van der Waals surface area contributed by atoms with E-state index in [-0.39, 0.29) is 5.92 Å². The number of aliphatic hydroxyl groups excluding tert-OH is 1. The first-order valence-electron chi connectivity index (χ1n) is 8.16. The molecule has 1 amide bonds. The van der Waals surface area contributed by atoms with E-state index in [0.717, 1.165) is 0 Å². The molecule has 0 spiro atoms. The van der Waals surface area contributed by atoms with E-state index in [9.17, 15) is 22.7 Å². The lowest BCUT2D eigenvalue weighted by molar-refractivity contribution is -0.120. The standard InChI is InChI=1S/C17H24FNO5S/c1-10(2)25(22,23)9-16(21)19-17(11-6-13(20)7-11)14-8-12(18)4-5-15(14)24-3/h4-5,8,10-11,13,17,20H,6-7,9H2,1-3H3,(H,19,21). The van der Waals surface area contributed by atoms with Crippen LogP contribution in [0.5, 0.6) is 5.75 Å². The van der Waals surface area contributed by atoms with E-state index in [1.807, 2.05) is 0 Å². The third kappa shape index (κ3) is 4.70. The van der Waals surface area contributed by atoms with Crippen molar-refractivity contribution in [2.45, 2.75) is 44.1 Å². The smallest absolute Gasteiger partial charge is 0.235 e. The van der Waals surface area contributed by atoms with Crippen LogP contribution in [0.3, 0.4) is 0 Å². The molecule has 0 radical (unpaired) electrons. The van der Waals surface area contributed by atoms with Gasteiger partial charge < -0.3 is 15.2 Å². The zero-order valence-corrected chi connectivity index (χ0v) is 15.3. The summed E-state index contributed by atoms with van der Waals surface area (Å²) in [6.07, 6.45) is 0.423. The van der Waals surface area contributed by atoms with E-state index < -0.39 is 44.7 Å². The van der Waals surface area contributed by atoms with Crippen LogP contribution >= 0.6 is 0 Å². The molecule has 1 fully saturated rings. The van der Waals surface area contributed by atoms with Gasteiger partial charge in [-0.2, -0.15) is 0 Å². The molecule has 25 heavy (non-hydrogen) atoms. The van der Waals surface area contributed by atoms with Gasteiger partial charge in [0.1, 0.15) is 17.3 Å². The first kappa shape index (κ1) is 19.7. The topological polar surface area (TPSA) is 92.7 Å². The minimum atomic E-state index is -3.54. The van der Waals surface area contributed by atoms with E-state index >= 15 is 0 Å². The van der Waals surface area contributed by atoms with Gasteiger partial charge >= 0.3 is 0 Å². The van der Waals surface area contributed by atoms with Crippen LogP contribution < -0.4 is 10.1 Å². The summed E-state index contributed by atoms with van der Waals surface area (Å²) in [7, 11) is -2.10. The summed E-state index contributed by atoms with van der Waals surface area (Å²) in [5.41, 5.74) is 0.440. The van der Waals surface area contributed by atoms with Gasteiger partial charge in [0, 0.05) is 5.56 Å². The van der Waals surface area contributed by atoms with Crippen LogP contribution in [-0.4, -0.2) is 43.6 Å². The molecule has 8 heteroatoms. The normalized spacial score (nSPS) is 21.5. The number of benzene rings is 1. The molecule has 2 N–H and O–H groups in total. The highest BCUT2D eigenvalue weighted by atomic mass is 32.2. The van der Waals surface area contributed by atoms with Gasteiger partial charge in [-0.05, 0) is 50.8 Å². The van der Waals surface area contributed by atoms with Crippen molar-refractivity contribution < 1.29 is 27.4 Å². The number of hydrogen-bond acceptors (Lipinski definition) is 5. The number of aliphatic hydroxyl groups is 1. The summed E-state index contributed by atoms with van der Waals surface area (Å²) in [5, 5.41) is 11.6. The summed E-state index contributed by atoms with van der Waals surface area (Å²) in [5.74, 6) is -1.47. The van der Waals surface area contributed by atoms with Gasteiger partial charge in [0.15, 0.2) is 9.84 Å². The summed E-state index contributed by atoms with van der Waals surface area (Å²) in [6.45, 7) is 3.02. The number of nitrogens with one attached hydrogen (secondary N) is 1. The maximum atomic E-state index is 13.7. The zero-order chi connectivity index (χ0) is 18.8. The summed E-state index contributed by atoms with van der Waals surface area (Å²) < 4.78 is 42.9. The van der Waals surface area contributed by atoms with Crippen molar-refractivity contribution in [3.05, 3.63) is 29.6 Å². The fourth-order valence-electron chi connectivity index (χ4n) is 2.86. The molecule has 1 atom stereocenters. The molecule has 1 aromatic rings. The average molecular weight is 373 g/mol. The van der Waals surface area contributed by atoms with E-state index in [2.05, 4.69) is 5.32 Å². The number of methoxy groups -OCH3 is 1. The number of carbonyl (C=O) groups excluding carboxylic acids is 1. The van der Waals surface area contributed by atoms with E-state index in [4.69, 9.17) is 4.74 Å². The first-order chi connectivity index (χ1) is 11.6. The van der Waals surface area contributed by atoms with Crippen LogP contribution in [0.15, 0.2) is 18.2 Å². The molecule has 140 valence electrons. The Morgan fingerprint density at radius 3 is 2.56 bits per heavy atom. The number of ether oxygens (including phenoxy) is 1. The van der Waals surface area contributed by atoms with Gasteiger partial charge in [-0.25, -0.2) is 12.8 Å². The van der Waals surface area contributed by atoms with Gasteiger partial charge in [0.05, 0.1) is 24.5 Å². The highest BCUT2D eigenvalue weighted by Crippen LogP contribution is 2.41. The first-order valence-corrected chi connectivity index (χ1v) is 9.88. The fraction of sp³-hybridized carbons (Fsp3) is 0.588. The Bertz CT molecular complexity index is 729. The molecule has 1 aliphatic carbocycles. The van der Waals surface area contributed by atoms with Gasteiger partial charge in [-0.3, -0.25) is 4.79 Å². The molecule has 1 unspecified atom stereocenters. The van der Waals surface area contributed by atoms with Crippen LogP contribution in [0.2, 0.25) is 0 Å². The Kier molecular flexibility index (Phi) is 6.05. The highest BCUT2D eigenvalue weighted by Gasteiger charge is 2.37. The number of rotatable bonds is 7. The van der Waals surface area contributed by atoms with Crippen molar-refractivity contribution in [2.75, 3.05) is 12.9 Å². The number of carbonyl (C=O) groups is 1. The fourth-order valence-corrected chi connectivity index (χ4v) is 3.65. The van der Waals surface area contributed by atoms with Gasteiger partial charge in [0.2, 0.25) is 5.91 Å². The molecule has 0 saturated heterocycles. The molecule has 2 rings (SSSR count). The van der Waals surface area contributed by atoms with E-state index in [0.29, 0.717) is 24.2 Å². The van der Waals surface area contributed by atoms with Crippen LogP contribution in [0.4, 0.5) is 4.39 Å². The van der Waals surface area contributed by atoms with Gasteiger partial charge in [-0.15, -0.1) is 0 Å². The van der Waals surface area contributed by atoms with Crippen LogP contribution in [-0.2, 0) is 14.6 Å². The lowest BCUT2D eigenvalue weighted by atomic mass is 9.75. The minimum Gasteiger partial charge on any atom is -0.496 e. The summed E-state index contributed by atoms with van der Waals surface area (Å²) >= 11 is 0. The Morgan fingerprint density at radius 1 is 1.40 bits per heavy atom. The molecule has 6 nitrogen and oxygen atoms in total. The molecule has 0 bridgehead atoms. The Hall–Kier alpha value is -1.67. The minimum absolute atomic E-state index is 0.114. The zero-order valence-electron chi connectivity index (χ0n) is 14.5. The molecular formula is C17H24FNO5S.